The van der Waals surface area contributed by atoms with Crippen LogP contribution in [0.5, 0.6) is 0 Å². The standard InChI is InChI=1S/C7H8ClO2S/c1-2-10-7(9)11-5-3-4-6(11)8/h3-5H,2H2,1H3/q+1. The maximum absolute atomic E-state index is 11.1. The molecule has 1 aromatic heterocycles. The van der Waals surface area contributed by atoms with Crippen LogP contribution in [0.2, 0.25) is 4.34 Å². The molecule has 0 saturated heterocycles. The van der Waals surface area contributed by atoms with Crippen molar-refractivity contribution in [3.8, 4) is 0 Å². The summed E-state index contributed by atoms with van der Waals surface area (Å²) >= 11 is 5.72. The normalized spacial score (nSPS) is 11.3. The number of halogens is 1. The lowest BCUT2D eigenvalue weighted by atomic mass is 10.7. The van der Waals surface area contributed by atoms with Crippen LogP contribution >= 0.6 is 22.1 Å². The molecule has 1 atom stereocenters. The third-order valence-electron chi connectivity index (χ3n) is 1.09. The van der Waals surface area contributed by atoms with Gasteiger partial charge in [-0.25, -0.2) is 0 Å². The summed E-state index contributed by atoms with van der Waals surface area (Å²) < 4.78 is 5.35. The van der Waals surface area contributed by atoms with Crippen LogP contribution in [0.4, 0.5) is 4.79 Å². The molecular weight excluding hydrogens is 184 g/mol. The topological polar surface area (TPSA) is 26.3 Å². The molecule has 1 heterocycles. The molecule has 11 heavy (non-hydrogen) atoms. The third kappa shape index (κ3) is 1.94. The Bertz CT molecular complexity index is 257. The number of ether oxygens (including phenoxy) is 1. The van der Waals surface area contributed by atoms with E-state index in [0.717, 1.165) is 0 Å². The van der Waals surface area contributed by atoms with E-state index in [4.69, 9.17) is 16.3 Å². The Labute approximate surface area is 72.7 Å². The summed E-state index contributed by atoms with van der Waals surface area (Å²) in [4.78, 5) is 11.1. The first-order valence-corrected chi connectivity index (χ1v) is 4.86. The molecule has 2 nitrogen and oxygen atoms in total. The highest BCUT2D eigenvalue weighted by Gasteiger charge is 2.22. The average Bonchev–Trinajstić information content (AvgIpc) is 2.36. The van der Waals surface area contributed by atoms with E-state index in [1.165, 1.54) is 0 Å². The molecule has 4 heteroatoms. The van der Waals surface area contributed by atoms with E-state index in [1.54, 1.807) is 24.4 Å². The number of thiophene rings is 1. The van der Waals surface area contributed by atoms with Gasteiger partial charge in [-0.05, 0) is 24.6 Å². The van der Waals surface area contributed by atoms with Crippen LogP contribution in [0.25, 0.3) is 0 Å². The van der Waals surface area contributed by atoms with Gasteiger partial charge in [0.2, 0.25) is 0 Å². The maximum atomic E-state index is 11.1. The summed E-state index contributed by atoms with van der Waals surface area (Å²) in [6, 6.07) is 3.48. The summed E-state index contributed by atoms with van der Waals surface area (Å²) in [6.07, 6.45) is 0. The second kappa shape index (κ2) is 3.74. The third-order valence-corrected chi connectivity index (χ3v) is 3.18. The number of rotatable bonds is 2. The van der Waals surface area contributed by atoms with Gasteiger partial charge in [-0.3, -0.25) is 0 Å². The van der Waals surface area contributed by atoms with Gasteiger partial charge in [0.15, 0.2) is 5.38 Å². The predicted octanol–water partition coefficient (Wildman–Crippen LogP) is 3.09. The van der Waals surface area contributed by atoms with Crippen molar-refractivity contribution in [1.82, 2.24) is 0 Å². The Morgan fingerprint density at radius 1 is 1.82 bits per heavy atom. The van der Waals surface area contributed by atoms with Crippen molar-refractivity contribution in [3.05, 3.63) is 21.8 Å². The first-order chi connectivity index (χ1) is 5.25. The molecule has 1 unspecified atom stereocenters. The van der Waals surface area contributed by atoms with Crippen molar-refractivity contribution in [2.75, 3.05) is 6.61 Å². The average molecular weight is 192 g/mol. The zero-order chi connectivity index (χ0) is 8.27. The van der Waals surface area contributed by atoms with E-state index < -0.39 is 10.5 Å². The molecular formula is C7H8ClO2S+. The fraction of sp³-hybridized carbons (Fsp3) is 0.286. The van der Waals surface area contributed by atoms with Gasteiger partial charge in [0, 0.05) is 6.07 Å². The molecule has 60 valence electrons. The molecule has 0 fully saturated rings. The van der Waals surface area contributed by atoms with Crippen LogP contribution in [-0.4, -0.2) is 11.9 Å². The summed E-state index contributed by atoms with van der Waals surface area (Å²) in [6.45, 7) is 2.18. The quantitative estimate of drug-likeness (QED) is 0.531. The molecule has 0 amide bonds. The number of hydrogen-bond acceptors (Lipinski definition) is 2. The molecule has 0 radical (unpaired) electrons. The van der Waals surface area contributed by atoms with Gasteiger partial charge in [-0.1, -0.05) is 0 Å². The van der Waals surface area contributed by atoms with Crippen LogP contribution in [0.3, 0.4) is 0 Å². The molecule has 0 aliphatic rings. The van der Waals surface area contributed by atoms with Gasteiger partial charge < -0.3 is 4.74 Å². The fourth-order valence-corrected chi connectivity index (χ4v) is 2.17. The Morgan fingerprint density at radius 2 is 2.55 bits per heavy atom. The highest BCUT2D eigenvalue weighted by atomic mass is 35.5. The molecule has 0 spiro atoms. The Balaban J connectivity index is 2.76. The molecule has 0 N–H and O–H groups in total. The maximum Gasteiger partial charge on any atom is 0.555 e. The smallest absolute Gasteiger partial charge is 0.422 e. The van der Waals surface area contributed by atoms with Crippen LogP contribution in [0.1, 0.15) is 6.92 Å². The van der Waals surface area contributed by atoms with E-state index in [-0.39, 0.29) is 5.30 Å². The van der Waals surface area contributed by atoms with Crippen molar-refractivity contribution in [2.45, 2.75) is 6.92 Å². The van der Waals surface area contributed by atoms with Crippen molar-refractivity contribution in [2.24, 2.45) is 0 Å². The van der Waals surface area contributed by atoms with Crippen LogP contribution < -0.4 is 0 Å². The SMILES string of the molecule is CCOC(=O)[s+]1cccc1Cl. The Morgan fingerprint density at radius 3 is 3.00 bits per heavy atom. The highest BCUT2D eigenvalue weighted by molar-refractivity contribution is 7.51. The second-order valence-corrected chi connectivity index (χ2v) is 4.17. The molecule has 1 rings (SSSR count). The molecule has 0 bridgehead atoms. The van der Waals surface area contributed by atoms with Gasteiger partial charge in [0.05, 0.1) is 6.61 Å². The lowest BCUT2D eigenvalue weighted by Crippen LogP contribution is -1.95. The Hall–Kier alpha value is -0.540. The minimum atomic E-state index is -0.632. The molecule has 0 aliphatic heterocycles. The first kappa shape index (κ1) is 8.56. The second-order valence-electron chi connectivity index (χ2n) is 1.82. The van der Waals surface area contributed by atoms with Crippen LogP contribution in [0, 0.1) is 0 Å². The number of hydrogen-bond donors (Lipinski definition) is 0. The van der Waals surface area contributed by atoms with Crippen LogP contribution in [-0.2, 0) is 4.74 Å². The predicted molar refractivity (Wildman–Crippen MR) is 46.4 cm³/mol. The molecule has 0 aliphatic carbocycles. The van der Waals surface area contributed by atoms with E-state index >= 15 is 0 Å². The van der Waals surface area contributed by atoms with E-state index in [2.05, 4.69) is 0 Å². The van der Waals surface area contributed by atoms with Crippen molar-refractivity contribution in [1.29, 1.82) is 0 Å². The zero-order valence-corrected chi connectivity index (χ0v) is 7.61. The highest BCUT2D eigenvalue weighted by Crippen LogP contribution is 2.30. The Kier molecular flexibility index (Phi) is 2.91. The van der Waals surface area contributed by atoms with Crippen LogP contribution in [0.15, 0.2) is 17.5 Å². The summed E-state index contributed by atoms with van der Waals surface area (Å²) in [5.74, 6) is 0. The molecule has 1 aromatic rings. The van der Waals surface area contributed by atoms with Gasteiger partial charge >= 0.3 is 5.30 Å². The van der Waals surface area contributed by atoms with E-state index in [0.29, 0.717) is 10.9 Å². The lowest BCUT2D eigenvalue weighted by Gasteiger charge is -1.89. The molecule has 0 saturated carbocycles. The number of carbonyl (C=O) groups is 1. The van der Waals surface area contributed by atoms with Crippen molar-refractivity contribution in [3.63, 3.8) is 0 Å². The van der Waals surface area contributed by atoms with Crippen molar-refractivity contribution >= 4 is 27.4 Å². The van der Waals surface area contributed by atoms with Gasteiger partial charge in [-0.2, -0.15) is 4.79 Å². The van der Waals surface area contributed by atoms with E-state index in [9.17, 15) is 4.79 Å². The zero-order valence-electron chi connectivity index (χ0n) is 6.04. The lowest BCUT2D eigenvalue weighted by molar-refractivity contribution is 0.180. The summed E-state index contributed by atoms with van der Waals surface area (Å²) in [5.41, 5.74) is 0. The van der Waals surface area contributed by atoms with Gasteiger partial charge in [-0.15, -0.1) is 0 Å². The summed E-state index contributed by atoms with van der Waals surface area (Å²) in [7, 11) is -0.632. The monoisotopic (exact) mass is 191 g/mol. The fourth-order valence-electron chi connectivity index (χ4n) is 0.648. The molecule has 0 aromatic carbocycles. The van der Waals surface area contributed by atoms with Gasteiger partial charge in [0.1, 0.15) is 10.5 Å². The minimum Gasteiger partial charge on any atom is -0.422 e. The van der Waals surface area contributed by atoms with Gasteiger partial charge in [0.25, 0.3) is 4.34 Å². The first-order valence-electron chi connectivity index (χ1n) is 3.19. The number of carbonyl (C=O) groups excluding carboxylic acids is 1. The van der Waals surface area contributed by atoms with Crippen molar-refractivity contribution < 1.29 is 9.53 Å². The summed E-state index contributed by atoms with van der Waals surface area (Å²) in [5, 5.41) is 1.50. The van der Waals surface area contributed by atoms with E-state index in [1.807, 2.05) is 0 Å². The largest absolute Gasteiger partial charge is 0.555 e. The minimum absolute atomic E-state index is 0.248.